The van der Waals surface area contributed by atoms with Crippen molar-refractivity contribution in [3.05, 3.63) is 57.8 Å². The third-order valence-corrected chi connectivity index (χ3v) is 8.95. The van der Waals surface area contributed by atoms with E-state index in [-0.39, 0.29) is 41.1 Å². The standard InChI is InChI=1S/C24H20F4N8OS2/c1-10-35-36-17(38-10)9-37-16-8-31-19-14(33-16)3-4-30-20(19)32-11-5-12(18(26)13(25)6-11)23(2)15-7-24(15,21(27)28)39-22(29)34-23/h3-6,8,15,21H,7,9H2,1-2H3,(H2,29,34)(H,30,32)/t15-,23-,24-/m0/s1. The van der Waals surface area contributed by atoms with Crippen LogP contribution in [0.5, 0.6) is 5.88 Å². The molecule has 1 saturated carbocycles. The first-order valence-corrected chi connectivity index (χ1v) is 13.3. The first-order valence-electron chi connectivity index (χ1n) is 11.7. The second kappa shape index (κ2) is 9.26. The highest BCUT2D eigenvalue weighted by Crippen LogP contribution is 2.68. The van der Waals surface area contributed by atoms with E-state index in [1.165, 1.54) is 36.7 Å². The molecule has 1 aliphatic carbocycles. The molecule has 4 heterocycles. The maximum Gasteiger partial charge on any atom is 0.253 e. The van der Waals surface area contributed by atoms with Crippen molar-refractivity contribution < 1.29 is 22.3 Å². The predicted octanol–water partition coefficient (Wildman–Crippen LogP) is 5.09. The molecular formula is C24H20F4N8OS2. The van der Waals surface area contributed by atoms with Crippen LogP contribution in [0.25, 0.3) is 11.0 Å². The Labute approximate surface area is 227 Å². The average molecular weight is 577 g/mol. The molecule has 1 fully saturated rings. The number of aryl methyl sites for hydroxylation is 1. The van der Waals surface area contributed by atoms with Crippen molar-refractivity contribution in [2.75, 3.05) is 5.32 Å². The van der Waals surface area contributed by atoms with Crippen molar-refractivity contribution in [1.82, 2.24) is 25.1 Å². The van der Waals surface area contributed by atoms with Crippen LogP contribution in [0.4, 0.5) is 29.1 Å². The zero-order valence-corrected chi connectivity index (χ0v) is 22.1. The van der Waals surface area contributed by atoms with Crippen molar-refractivity contribution in [2.45, 2.75) is 43.6 Å². The summed E-state index contributed by atoms with van der Waals surface area (Å²) in [6, 6.07) is 3.92. The largest absolute Gasteiger partial charge is 0.469 e. The van der Waals surface area contributed by atoms with Gasteiger partial charge in [0.1, 0.15) is 17.1 Å². The Bertz CT molecular complexity index is 1640. The molecule has 0 spiro atoms. The van der Waals surface area contributed by atoms with Crippen LogP contribution in [0.1, 0.15) is 28.9 Å². The molecule has 3 N–H and O–H groups in total. The highest BCUT2D eigenvalue weighted by atomic mass is 32.2. The third-order valence-electron chi connectivity index (χ3n) is 6.82. The molecule has 15 heteroatoms. The number of amidine groups is 1. The van der Waals surface area contributed by atoms with Gasteiger partial charge in [-0.15, -0.1) is 10.2 Å². The maximum absolute atomic E-state index is 15.1. The van der Waals surface area contributed by atoms with Crippen LogP contribution in [0.2, 0.25) is 0 Å². The fourth-order valence-electron chi connectivity index (χ4n) is 4.89. The van der Waals surface area contributed by atoms with Crippen molar-refractivity contribution in [3.8, 4) is 5.88 Å². The number of nitrogens with two attached hydrogens (primary N) is 1. The van der Waals surface area contributed by atoms with E-state index in [9.17, 15) is 13.2 Å². The van der Waals surface area contributed by atoms with E-state index in [1.54, 1.807) is 6.07 Å². The van der Waals surface area contributed by atoms with Gasteiger partial charge in [-0.25, -0.2) is 32.5 Å². The summed E-state index contributed by atoms with van der Waals surface area (Å²) in [5.74, 6) is -2.56. The molecule has 202 valence electrons. The van der Waals surface area contributed by atoms with Gasteiger partial charge in [-0.05, 0) is 32.4 Å². The van der Waals surface area contributed by atoms with Gasteiger partial charge in [-0.3, -0.25) is 4.99 Å². The number of thioether (sulfide) groups is 1. The molecule has 0 saturated heterocycles. The Morgan fingerprint density at radius 3 is 2.79 bits per heavy atom. The monoisotopic (exact) mass is 576 g/mol. The van der Waals surface area contributed by atoms with E-state index in [0.29, 0.717) is 16.0 Å². The number of rotatable bonds is 7. The normalized spacial score (nSPS) is 24.0. The second-order valence-corrected chi connectivity index (χ2v) is 12.0. The summed E-state index contributed by atoms with van der Waals surface area (Å²) in [7, 11) is 0. The number of nitrogens with zero attached hydrogens (tertiary/aromatic N) is 6. The summed E-state index contributed by atoms with van der Waals surface area (Å²) in [6.07, 6.45) is 0.279. The van der Waals surface area contributed by atoms with Crippen LogP contribution in [-0.2, 0) is 12.1 Å². The Morgan fingerprint density at radius 1 is 1.23 bits per heavy atom. The number of aromatic nitrogens is 5. The van der Waals surface area contributed by atoms with Gasteiger partial charge in [-0.1, -0.05) is 23.1 Å². The molecular weight excluding hydrogens is 556 g/mol. The molecule has 0 radical (unpaired) electrons. The number of anilines is 2. The van der Waals surface area contributed by atoms with Crippen molar-refractivity contribution in [1.29, 1.82) is 0 Å². The summed E-state index contributed by atoms with van der Waals surface area (Å²) < 4.78 is 61.9. The smallest absolute Gasteiger partial charge is 0.253 e. The Hall–Kier alpha value is -3.59. The van der Waals surface area contributed by atoms with Crippen molar-refractivity contribution in [3.63, 3.8) is 0 Å². The van der Waals surface area contributed by atoms with Crippen LogP contribution < -0.4 is 15.8 Å². The molecule has 6 rings (SSSR count). The highest BCUT2D eigenvalue weighted by Gasteiger charge is 2.71. The number of ether oxygens (including phenoxy) is 1. The number of alkyl halides is 2. The number of hydrogen-bond donors (Lipinski definition) is 2. The van der Waals surface area contributed by atoms with E-state index < -0.39 is 34.3 Å². The van der Waals surface area contributed by atoms with Gasteiger partial charge in [0.15, 0.2) is 27.6 Å². The fourth-order valence-corrected chi connectivity index (χ4v) is 6.85. The van der Waals surface area contributed by atoms with E-state index >= 15 is 4.39 Å². The zero-order chi connectivity index (χ0) is 27.5. The predicted molar refractivity (Wildman–Crippen MR) is 139 cm³/mol. The second-order valence-electron chi connectivity index (χ2n) is 9.40. The number of pyridine rings is 1. The molecule has 9 nitrogen and oxygen atoms in total. The molecule has 0 amide bonds. The van der Waals surface area contributed by atoms with Crippen molar-refractivity contribution >= 4 is 50.8 Å². The molecule has 39 heavy (non-hydrogen) atoms. The Morgan fingerprint density at radius 2 is 2.05 bits per heavy atom. The number of nitrogens with one attached hydrogen (secondary N) is 1. The molecule has 2 aliphatic rings. The summed E-state index contributed by atoms with van der Waals surface area (Å²) in [5, 5.41) is 12.3. The molecule has 1 aromatic carbocycles. The van der Waals surface area contributed by atoms with E-state index in [0.717, 1.165) is 22.8 Å². The Balaban J connectivity index is 1.30. The molecule has 4 aromatic rings. The SMILES string of the molecule is Cc1nnc(COc2cnc3c(Nc4cc(F)c(F)c([C@]5(C)N=C(N)S[C@@]6(C(F)F)C[C@@H]56)c4)nccc3n2)s1. The molecule has 1 aliphatic heterocycles. The average Bonchev–Trinajstić information content (AvgIpc) is 3.51. The number of hydrogen-bond acceptors (Lipinski definition) is 11. The summed E-state index contributed by atoms with van der Waals surface area (Å²) in [4.78, 5) is 17.4. The van der Waals surface area contributed by atoms with Gasteiger partial charge < -0.3 is 15.8 Å². The van der Waals surface area contributed by atoms with E-state index in [1.807, 2.05) is 6.92 Å². The first-order chi connectivity index (χ1) is 18.6. The van der Waals surface area contributed by atoms with Crippen LogP contribution in [0.15, 0.2) is 35.6 Å². The zero-order valence-electron chi connectivity index (χ0n) is 20.5. The lowest BCUT2D eigenvalue weighted by atomic mass is 9.85. The third kappa shape index (κ3) is 4.42. The van der Waals surface area contributed by atoms with Crippen LogP contribution in [-0.4, -0.2) is 41.5 Å². The molecule has 0 unspecified atom stereocenters. The van der Waals surface area contributed by atoms with E-state index in [4.69, 9.17) is 10.5 Å². The minimum Gasteiger partial charge on any atom is -0.469 e. The highest BCUT2D eigenvalue weighted by molar-refractivity contribution is 8.15. The first kappa shape index (κ1) is 25.7. The van der Waals surface area contributed by atoms with Gasteiger partial charge in [-0.2, -0.15) is 0 Å². The number of aliphatic imine (C=N–C) groups is 1. The lowest BCUT2D eigenvalue weighted by molar-refractivity contribution is 0.123. The number of benzene rings is 1. The van der Waals surface area contributed by atoms with Crippen LogP contribution in [0.3, 0.4) is 0 Å². The quantitative estimate of drug-likeness (QED) is 0.290. The van der Waals surface area contributed by atoms with Crippen molar-refractivity contribution in [2.24, 2.45) is 16.6 Å². The summed E-state index contributed by atoms with van der Waals surface area (Å²) in [6.45, 7) is 3.52. The number of fused-ring (bicyclic) bond motifs is 2. The van der Waals surface area contributed by atoms with Gasteiger partial charge >= 0.3 is 0 Å². The number of halogens is 4. The minimum absolute atomic E-state index is 0.0816. The van der Waals surface area contributed by atoms with Crippen LogP contribution >= 0.6 is 23.1 Å². The minimum atomic E-state index is -2.69. The summed E-state index contributed by atoms with van der Waals surface area (Å²) >= 11 is 2.20. The molecule has 3 atom stereocenters. The Kier molecular flexibility index (Phi) is 6.10. The fraction of sp³-hybridized carbons (Fsp3) is 0.333. The topological polar surface area (TPSA) is 124 Å². The van der Waals surface area contributed by atoms with Gasteiger partial charge in [0.2, 0.25) is 5.88 Å². The lowest BCUT2D eigenvalue weighted by Gasteiger charge is -2.34. The maximum atomic E-state index is 15.1. The van der Waals surface area contributed by atoms with E-state index in [2.05, 4.69) is 35.5 Å². The summed E-state index contributed by atoms with van der Waals surface area (Å²) in [5.41, 5.74) is 5.15. The van der Waals surface area contributed by atoms with Crippen LogP contribution in [0, 0.1) is 24.5 Å². The molecule has 3 aromatic heterocycles. The van der Waals surface area contributed by atoms with Gasteiger partial charge in [0.05, 0.1) is 22.0 Å². The molecule has 0 bridgehead atoms. The lowest BCUT2D eigenvalue weighted by Crippen LogP contribution is -2.39. The van der Waals surface area contributed by atoms with Gasteiger partial charge in [0, 0.05) is 29.4 Å². The van der Waals surface area contributed by atoms with Gasteiger partial charge in [0.25, 0.3) is 6.43 Å².